The van der Waals surface area contributed by atoms with Crippen molar-refractivity contribution in [1.82, 2.24) is 5.32 Å². The molecule has 0 aromatic rings. The van der Waals surface area contributed by atoms with E-state index in [1.807, 2.05) is 0 Å². The highest BCUT2D eigenvalue weighted by Crippen LogP contribution is 2.21. The van der Waals surface area contributed by atoms with Gasteiger partial charge in [-0.15, -0.1) is 0 Å². The Morgan fingerprint density at radius 2 is 2.00 bits per heavy atom. The minimum atomic E-state index is -0.0992. The third kappa shape index (κ3) is 3.32. The van der Waals surface area contributed by atoms with E-state index in [1.165, 1.54) is 32.1 Å². The molecule has 0 amide bonds. The third-order valence-electron chi connectivity index (χ3n) is 3.78. The average Bonchev–Trinajstić information content (AvgIpc) is 2.29. The molecule has 0 heterocycles. The molecule has 0 unspecified atom stereocenters. The van der Waals surface area contributed by atoms with Crippen molar-refractivity contribution < 1.29 is 5.11 Å². The molecule has 2 aliphatic carbocycles. The zero-order valence-electron chi connectivity index (χ0n) is 9.49. The Kier molecular flexibility index (Phi) is 4.21. The van der Waals surface area contributed by atoms with Crippen LogP contribution in [0.1, 0.15) is 44.9 Å². The fourth-order valence-electron chi connectivity index (χ4n) is 2.71. The van der Waals surface area contributed by atoms with Gasteiger partial charge in [0, 0.05) is 6.04 Å². The highest BCUT2D eigenvalue weighted by Gasteiger charge is 2.23. The van der Waals surface area contributed by atoms with E-state index in [0.29, 0.717) is 6.04 Å². The van der Waals surface area contributed by atoms with Crippen molar-refractivity contribution in [2.24, 2.45) is 5.92 Å². The Bertz CT molecular complexity index is 215. The van der Waals surface area contributed by atoms with E-state index >= 15 is 0 Å². The molecule has 0 aromatic carbocycles. The van der Waals surface area contributed by atoms with E-state index in [9.17, 15) is 5.11 Å². The van der Waals surface area contributed by atoms with Gasteiger partial charge in [0.25, 0.3) is 0 Å². The van der Waals surface area contributed by atoms with Crippen LogP contribution in [0.2, 0.25) is 0 Å². The Morgan fingerprint density at radius 3 is 2.73 bits per heavy atom. The average molecular weight is 209 g/mol. The predicted molar refractivity (Wildman–Crippen MR) is 62.7 cm³/mol. The molecule has 2 N–H and O–H groups in total. The Balaban J connectivity index is 1.69. The van der Waals surface area contributed by atoms with Crippen LogP contribution in [0.4, 0.5) is 0 Å². The van der Waals surface area contributed by atoms with Crippen molar-refractivity contribution in [3.05, 3.63) is 12.2 Å². The molecule has 1 saturated carbocycles. The van der Waals surface area contributed by atoms with Crippen LogP contribution in [-0.2, 0) is 0 Å². The molecule has 0 saturated heterocycles. The fourth-order valence-corrected chi connectivity index (χ4v) is 2.71. The maximum atomic E-state index is 9.82. The summed E-state index contributed by atoms with van der Waals surface area (Å²) in [6.45, 7) is 1.09. The molecule has 0 aliphatic heterocycles. The van der Waals surface area contributed by atoms with Gasteiger partial charge in [-0.2, -0.15) is 0 Å². The van der Waals surface area contributed by atoms with Crippen molar-refractivity contribution in [2.45, 2.75) is 57.1 Å². The molecule has 0 spiro atoms. The summed E-state index contributed by atoms with van der Waals surface area (Å²) in [4.78, 5) is 0. The lowest BCUT2D eigenvalue weighted by Gasteiger charge is -2.30. The summed E-state index contributed by atoms with van der Waals surface area (Å²) in [7, 11) is 0. The van der Waals surface area contributed by atoms with Crippen LogP contribution in [0.25, 0.3) is 0 Å². The topological polar surface area (TPSA) is 32.3 Å². The number of hydrogen-bond donors (Lipinski definition) is 2. The van der Waals surface area contributed by atoms with Crippen LogP contribution in [-0.4, -0.2) is 23.8 Å². The molecule has 2 rings (SSSR count). The van der Waals surface area contributed by atoms with E-state index < -0.39 is 0 Å². The number of rotatable bonds is 3. The van der Waals surface area contributed by atoms with Gasteiger partial charge in [0.15, 0.2) is 0 Å². The summed E-state index contributed by atoms with van der Waals surface area (Å²) < 4.78 is 0. The van der Waals surface area contributed by atoms with Gasteiger partial charge < -0.3 is 10.4 Å². The summed E-state index contributed by atoms with van der Waals surface area (Å²) >= 11 is 0. The van der Waals surface area contributed by atoms with Crippen molar-refractivity contribution in [2.75, 3.05) is 6.54 Å². The number of allylic oxidation sites excluding steroid dienone is 2. The lowest BCUT2D eigenvalue weighted by molar-refractivity contribution is 0.0886. The van der Waals surface area contributed by atoms with Crippen molar-refractivity contribution in [3.63, 3.8) is 0 Å². The normalized spacial score (nSPS) is 36.7. The maximum absolute atomic E-state index is 9.82. The zero-order valence-corrected chi connectivity index (χ0v) is 9.49. The molecule has 2 nitrogen and oxygen atoms in total. The van der Waals surface area contributed by atoms with Gasteiger partial charge in [0.05, 0.1) is 6.10 Å². The van der Waals surface area contributed by atoms with E-state index in [1.54, 1.807) is 0 Å². The monoisotopic (exact) mass is 209 g/mol. The molecule has 0 radical (unpaired) electrons. The SMILES string of the molecule is O[C@@H]1CCCC[C@H]1NC[C@H]1CC=CCC1. The van der Waals surface area contributed by atoms with Gasteiger partial charge >= 0.3 is 0 Å². The molecule has 2 aliphatic rings. The number of hydrogen-bond acceptors (Lipinski definition) is 2. The van der Waals surface area contributed by atoms with Crippen LogP contribution in [0.5, 0.6) is 0 Å². The smallest absolute Gasteiger partial charge is 0.0693 e. The van der Waals surface area contributed by atoms with E-state index in [0.717, 1.165) is 25.3 Å². The second-order valence-electron chi connectivity index (χ2n) is 5.02. The third-order valence-corrected chi connectivity index (χ3v) is 3.78. The minimum absolute atomic E-state index is 0.0992. The first-order valence-electron chi connectivity index (χ1n) is 6.42. The largest absolute Gasteiger partial charge is 0.392 e. The molecular formula is C13H23NO. The summed E-state index contributed by atoms with van der Waals surface area (Å²) in [5.41, 5.74) is 0. The van der Waals surface area contributed by atoms with Crippen LogP contribution < -0.4 is 5.32 Å². The number of nitrogens with one attached hydrogen (secondary N) is 1. The van der Waals surface area contributed by atoms with E-state index in [4.69, 9.17) is 0 Å². The van der Waals surface area contributed by atoms with Gasteiger partial charge in [-0.3, -0.25) is 0 Å². The Labute approximate surface area is 92.8 Å². The molecule has 1 fully saturated rings. The van der Waals surface area contributed by atoms with Crippen LogP contribution in [0.15, 0.2) is 12.2 Å². The number of aliphatic hydroxyl groups excluding tert-OH is 1. The lowest BCUT2D eigenvalue weighted by Crippen LogP contribution is -2.44. The van der Waals surface area contributed by atoms with Gasteiger partial charge in [0.1, 0.15) is 0 Å². The molecular weight excluding hydrogens is 186 g/mol. The first kappa shape index (κ1) is 11.2. The van der Waals surface area contributed by atoms with Gasteiger partial charge in [-0.05, 0) is 44.6 Å². The van der Waals surface area contributed by atoms with Crippen molar-refractivity contribution in [1.29, 1.82) is 0 Å². The summed E-state index contributed by atoms with van der Waals surface area (Å²) in [5.74, 6) is 0.795. The van der Waals surface area contributed by atoms with Gasteiger partial charge in [-0.25, -0.2) is 0 Å². The highest BCUT2D eigenvalue weighted by atomic mass is 16.3. The molecule has 2 heteroatoms. The Hall–Kier alpha value is -0.340. The van der Waals surface area contributed by atoms with Gasteiger partial charge in [-0.1, -0.05) is 25.0 Å². The first-order valence-corrected chi connectivity index (χ1v) is 6.42. The zero-order chi connectivity index (χ0) is 10.5. The summed E-state index contributed by atoms with van der Waals surface area (Å²) in [6, 6.07) is 0.365. The molecule has 0 bridgehead atoms. The van der Waals surface area contributed by atoms with E-state index in [-0.39, 0.29) is 6.10 Å². The Morgan fingerprint density at radius 1 is 1.13 bits per heavy atom. The summed E-state index contributed by atoms with van der Waals surface area (Å²) in [5, 5.41) is 13.4. The maximum Gasteiger partial charge on any atom is 0.0693 e. The van der Waals surface area contributed by atoms with Crippen LogP contribution >= 0.6 is 0 Å². The van der Waals surface area contributed by atoms with Crippen molar-refractivity contribution in [3.8, 4) is 0 Å². The van der Waals surface area contributed by atoms with Crippen LogP contribution in [0, 0.1) is 5.92 Å². The number of aliphatic hydroxyl groups is 1. The first-order chi connectivity index (χ1) is 7.36. The lowest BCUT2D eigenvalue weighted by atomic mass is 9.90. The fraction of sp³-hybridized carbons (Fsp3) is 0.846. The van der Waals surface area contributed by atoms with Gasteiger partial charge in [0.2, 0.25) is 0 Å². The van der Waals surface area contributed by atoms with E-state index in [2.05, 4.69) is 17.5 Å². The molecule has 86 valence electrons. The van der Waals surface area contributed by atoms with Crippen molar-refractivity contribution >= 4 is 0 Å². The van der Waals surface area contributed by atoms with Crippen LogP contribution in [0.3, 0.4) is 0 Å². The molecule has 15 heavy (non-hydrogen) atoms. The molecule has 0 aromatic heterocycles. The predicted octanol–water partition coefficient (Wildman–Crippen LogP) is 2.24. The second kappa shape index (κ2) is 5.66. The standard InChI is InChI=1S/C13H23NO/c15-13-9-5-4-8-12(13)14-10-11-6-2-1-3-7-11/h1-2,11-15H,3-10H2/t11-,12+,13+/m0/s1. The molecule has 3 atom stereocenters. The second-order valence-corrected chi connectivity index (χ2v) is 5.02. The quantitative estimate of drug-likeness (QED) is 0.699. The highest BCUT2D eigenvalue weighted by molar-refractivity contribution is 4.91. The summed E-state index contributed by atoms with van der Waals surface area (Å²) in [6.07, 6.45) is 12.9. The minimum Gasteiger partial charge on any atom is -0.392 e.